The molecule has 23 heavy (non-hydrogen) atoms. The summed E-state index contributed by atoms with van der Waals surface area (Å²) in [5.74, 6) is -0.229. The van der Waals surface area contributed by atoms with Crippen LogP contribution in [0, 0.1) is 5.82 Å². The van der Waals surface area contributed by atoms with E-state index >= 15 is 0 Å². The van der Waals surface area contributed by atoms with Crippen LogP contribution in [-0.4, -0.2) is 49.1 Å². The Labute approximate surface area is 139 Å². The molecular weight excluding hydrogens is 319 g/mol. The Morgan fingerprint density at radius 2 is 2.26 bits per heavy atom. The summed E-state index contributed by atoms with van der Waals surface area (Å²) in [5, 5.41) is 5.12. The van der Waals surface area contributed by atoms with Crippen LogP contribution in [0.1, 0.15) is 12.0 Å². The van der Waals surface area contributed by atoms with E-state index in [4.69, 9.17) is 4.74 Å². The van der Waals surface area contributed by atoms with Gasteiger partial charge in [0.1, 0.15) is 11.9 Å². The number of benzene rings is 1. The number of hydrogen-bond acceptors (Lipinski definition) is 4. The lowest BCUT2D eigenvalue weighted by Crippen LogP contribution is -2.54. The van der Waals surface area contributed by atoms with Crippen LogP contribution in [0.3, 0.4) is 0 Å². The number of nitrogens with one attached hydrogen (secondary N) is 2. The Hall–Kier alpha value is -1.60. The van der Waals surface area contributed by atoms with Gasteiger partial charge in [-0.25, -0.2) is 4.39 Å². The molecule has 1 aliphatic rings. The number of methoxy groups -OCH3 is 1. The van der Waals surface area contributed by atoms with Crippen LogP contribution in [-0.2, 0) is 20.7 Å². The van der Waals surface area contributed by atoms with Crippen LogP contribution in [0.5, 0.6) is 0 Å². The van der Waals surface area contributed by atoms with Crippen molar-refractivity contribution in [2.45, 2.75) is 24.1 Å². The smallest absolute Gasteiger partial charge is 0.243 e. The van der Waals surface area contributed by atoms with Crippen molar-refractivity contribution in [1.82, 2.24) is 10.6 Å². The first-order chi connectivity index (χ1) is 11.1. The van der Waals surface area contributed by atoms with Crippen LogP contribution in [0.15, 0.2) is 24.3 Å². The molecule has 1 heterocycles. The number of ether oxygens (including phenoxy) is 1. The number of halogens is 1. The number of hydrogen-bond donors (Lipinski definition) is 2. The van der Waals surface area contributed by atoms with Gasteiger partial charge in [0.05, 0.1) is 5.25 Å². The molecule has 1 aromatic rings. The van der Waals surface area contributed by atoms with Crippen molar-refractivity contribution in [3.8, 4) is 0 Å². The first-order valence-electron chi connectivity index (χ1n) is 7.54. The standard InChI is InChI=1S/C16H21FN2O3S/c1-22-8-4-7-18-15(20)13-10-23-14(16(21)19-13)9-11-5-2-3-6-12(11)17/h2-3,5-6,13-14H,4,7-10H2,1H3,(H,18,20)(H,19,21)/t13-,14+/m0/s1. The van der Waals surface area contributed by atoms with E-state index in [1.54, 1.807) is 25.3 Å². The Bertz CT molecular complexity index is 556. The topological polar surface area (TPSA) is 67.4 Å². The van der Waals surface area contributed by atoms with Gasteiger partial charge in [0, 0.05) is 26.0 Å². The van der Waals surface area contributed by atoms with Crippen LogP contribution in [0.4, 0.5) is 4.39 Å². The highest BCUT2D eigenvalue weighted by molar-refractivity contribution is 8.00. The number of amides is 2. The van der Waals surface area contributed by atoms with Gasteiger partial charge in [-0.2, -0.15) is 0 Å². The van der Waals surface area contributed by atoms with Crippen LogP contribution in [0.2, 0.25) is 0 Å². The average molecular weight is 340 g/mol. The van der Waals surface area contributed by atoms with Gasteiger partial charge in [-0.15, -0.1) is 11.8 Å². The molecule has 0 saturated carbocycles. The maximum absolute atomic E-state index is 13.7. The molecule has 2 amide bonds. The van der Waals surface area contributed by atoms with E-state index in [-0.39, 0.29) is 22.9 Å². The fourth-order valence-electron chi connectivity index (χ4n) is 2.30. The van der Waals surface area contributed by atoms with E-state index < -0.39 is 6.04 Å². The summed E-state index contributed by atoms with van der Waals surface area (Å²) in [6.45, 7) is 1.10. The lowest BCUT2D eigenvalue weighted by Gasteiger charge is -2.28. The van der Waals surface area contributed by atoms with Gasteiger partial charge >= 0.3 is 0 Å². The second-order valence-corrected chi connectivity index (χ2v) is 6.55. The van der Waals surface area contributed by atoms with Crippen molar-refractivity contribution in [2.24, 2.45) is 0 Å². The molecule has 0 aromatic heterocycles. The van der Waals surface area contributed by atoms with Crippen molar-refractivity contribution in [3.05, 3.63) is 35.6 Å². The monoisotopic (exact) mass is 340 g/mol. The Kier molecular flexibility index (Phi) is 6.85. The van der Waals surface area contributed by atoms with Crippen molar-refractivity contribution in [1.29, 1.82) is 0 Å². The maximum Gasteiger partial charge on any atom is 0.243 e. The molecule has 0 bridgehead atoms. The second-order valence-electron chi connectivity index (χ2n) is 5.32. The second kappa shape index (κ2) is 8.88. The Morgan fingerprint density at radius 1 is 1.48 bits per heavy atom. The first kappa shape index (κ1) is 17.7. The minimum atomic E-state index is -0.535. The zero-order chi connectivity index (χ0) is 16.7. The summed E-state index contributed by atoms with van der Waals surface area (Å²) in [5.41, 5.74) is 0.516. The molecular formula is C16H21FN2O3S. The Morgan fingerprint density at radius 3 is 2.96 bits per heavy atom. The zero-order valence-corrected chi connectivity index (χ0v) is 13.8. The average Bonchev–Trinajstić information content (AvgIpc) is 2.55. The van der Waals surface area contributed by atoms with Gasteiger partial charge in [-0.05, 0) is 24.5 Å². The van der Waals surface area contributed by atoms with Crippen molar-refractivity contribution >= 4 is 23.6 Å². The minimum Gasteiger partial charge on any atom is -0.385 e. The summed E-state index contributed by atoms with van der Waals surface area (Å²) in [7, 11) is 1.61. The number of thioether (sulfide) groups is 1. The lowest BCUT2D eigenvalue weighted by molar-refractivity contribution is -0.128. The van der Waals surface area contributed by atoms with Gasteiger partial charge in [0.15, 0.2) is 0 Å². The minimum absolute atomic E-state index is 0.189. The molecule has 0 unspecified atom stereocenters. The first-order valence-corrected chi connectivity index (χ1v) is 8.58. The highest BCUT2D eigenvalue weighted by atomic mass is 32.2. The third kappa shape index (κ3) is 5.21. The van der Waals surface area contributed by atoms with Gasteiger partial charge < -0.3 is 15.4 Å². The molecule has 2 N–H and O–H groups in total. The maximum atomic E-state index is 13.7. The van der Waals surface area contributed by atoms with E-state index in [0.717, 1.165) is 6.42 Å². The van der Waals surface area contributed by atoms with E-state index in [1.165, 1.54) is 17.8 Å². The number of rotatable bonds is 7. The highest BCUT2D eigenvalue weighted by Gasteiger charge is 2.32. The normalized spacial score (nSPS) is 20.9. The fourth-order valence-corrected chi connectivity index (χ4v) is 3.48. The number of carbonyl (C=O) groups excluding carboxylic acids is 2. The molecule has 0 radical (unpaired) electrons. The highest BCUT2D eigenvalue weighted by Crippen LogP contribution is 2.23. The van der Waals surface area contributed by atoms with Gasteiger partial charge in [-0.1, -0.05) is 18.2 Å². The predicted octanol–water partition coefficient (Wildman–Crippen LogP) is 1.12. The van der Waals surface area contributed by atoms with Crippen molar-refractivity contribution < 1.29 is 18.7 Å². The largest absolute Gasteiger partial charge is 0.385 e. The molecule has 1 fully saturated rings. The molecule has 2 rings (SSSR count). The van der Waals surface area contributed by atoms with Gasteiger partial charge in [0.2, 0.25) is 11.8 Å². The molecule has 0 spiro atoms. The molecule has 7 heteroatoms. The third-order valence-corrected chi connectivity index (χ3v) is 4.89. The van der Waals surface area contributed by atoms with Crippen LogP contribution < -0.4 is 10.6 Å². The van der Waals surface area contributed by atoms with Gasteiger partial charge in [0.25, 0.3) is 0 Å². The molecule has 2 atom stereocenters. The van der Waals surface area contributed by atoms with Crippen LogP contribution in [0.25, 0.3) is 0 Å². The Balaban J connectivity index is 1.81. The summed E-state index contributed by atoms with van der Waals surface area (Å²) < 4.78 is 18.6. The molecule has 1 aliphatic heterocycles. The zero-order valence-electron chi connectivity index (χ0n) is 13.0. The molecule has 126 valence electrons. The van der Waals surface area contributed by atoms with Crippen molar-refractivity contribution in [2.75, 3.05) is 26.0 Å². The summed E-state index contributed by atoms with van der Waals surface area (Å²) >= 11 is 1.39. The molecule has 0 aliphatic carbocycles. The van der Waals surface area contributed by atoms with E-state index in [2.05, 4.69) is 10.6 Å². The lowest BCUT2D eigenvalue weighted by atomic mass is 10.1. The summed E-state index contributed by atoms with van der Waals surface area (Å²) in [4.78, 5) is 24.1. The van der Waals surface area contributed by atoms with Gasteiger partial charge in [-0.3, -0.25) is 9.59 Å². The predicted molar refractivity (Wildman–Crippen MR) is 87.8 cm³/mol. The number of carbonyl (C=O) groups is 2. The van der Waals surface area contributed by atoms with E-state index in [1.807, 2.05) is 0 Å². The van der Waals surface area contributed by atoms with Crippen molar-refractivity contribution in [3.63, 3.8) is 0 Å². The molecule has 1 saturated heterocycles. The quantitative estimate of drug-likeness (QED) is 0.730. The fraction of sp³-hybridized carbons (Fsp3) is 0.500. The van der Waals surface area contributed by atoms with E-state index in [9.17, 15) is 14.0 Å². The SMILES string of the molecule is COCCCNC(=O)[C@@H]1CS[C@H](Cc2ccccc2F)C(=O)N1. The van der Waals surface area contributed by atoms with Crippen LogP contribution >= 0.6 is 11.8 Å². The summed E-state index contributed by atoms with van der Waals surface area (Å²) in [6, 6.07) is 5.90. The molecule has 5 nitrogen and oxygen atoms in total. The summed E-state index contributed by atoms with van der Waals surface area (Å²) in [6.07, 6.45) is 1.05. The molecule has 1 aromatic carbocycles. The van der Waals surface area contributed by atoms with E-state index in [0.29, 0.717) is 30.9 Å². The third-order valence-electron chi connectivity index (χ3n) is 3.58.